The Morgan fingerprint density at radius 2 is 1.79 bits per heavy atom. The zero-order valence-electron chi connectivity index (χ0n) is 22.9. The van der Waals surface area contributed by atoms with Crippen LogP contribution in [0.4, 0.5) is 4.39 Å². The molecular weight excluding hydrogens is 654 g/mol. The molecule has 0 saturated carbocycles. The molecule has 5 N–H and O–H groups in total. The average Bonchev–Trinajstić information content (AvgIpc) is 3.51. The first kappa shape index (κ1) is 29.5. The summed E-state index contributed by atoms with van der Waals surface area (Å²) in [7, 11) is 0. The van der Waals surface area contributed by atoms with Gasteiger partial charge in [-0.25, -0.2) is 14.2 Å². The first-order valence-electron chi connectivity index (χ1n) is 13.3. The second kappa shape index (κ2) is 12.5. The van der Waals surface area contributed by atoms with E-state index in [1.165, 1.54) is 10.6 Å². The number of aliphatic hydroxyl groups is 2. The van der Waals surface area contributed by atoms with E-state index in [1.807, 2.05) is 59.8 Å². The summed E-state index contributed by atoms with van der Waals surface area (Å²) >= 11 is 2.05. The van der Waals surface area contributed by atoms with Crippen LogP contribution >= 0.6 is 22.6 Å². The van der Waals surface area contributed by atoms with Crippen molar-refractivity contribution in [1.29, 1.82) is 0 Å². The smallest absolute Gasteiger partial charge is 0.329 e. The molecule has 0 fully saturated rings. The fourth-order valence-electron chi connectivity index (χ4n) is 4.95. The van der Waals surface area contributed by atoms with Gasteiger partial charge in [-0.2, -0.15) is 0 Å². The van der Waals surface area contributed by atoms with Crippen LogP contribution in [-0.2, 0) is 0 Å². The van der Waals surface area contributed by atoms with E-state index in [-0.39, 0.29) is 24.1 Å². The minimum Gasteiger partial charge on any atom is -0.493 e. The Labute approximate surface area is 254 Å². The number of rotatable bonds is 10. The van der Waals surface area contributed by atoms with Gasteiger partial charge in [0.1, 0.15) is 41.8 Å². The van der Waals surface area contributed by atoms with Crippen molar-refractivity contribution in [3.05, 3.63) is 110 Å². The van der Waals surface area contributed by atoms with Gasteiger partial charge in [-0.15, -0.1) is 0 Å². The molecule has 0 aliphatic heterocycles. The summed E-state index contributed by atoms with van der Waals surface area (Å²) < 4.78 is 22.4. The second-order valence-electron chi connectivity index (χ2n) is 10.0. The largest absolute Gasteiger partial charge is 0.493 e. The van der Waals surface area contributed by atoms with Crippen molar-refractivity contribution < 1.29 is 24.4 Å². The van der Waals surface area contributed by atoms with Gasteiger partial charge >= 0.3 is 5.69 Å². The molecule has 9 nitrogen and oxygen atoms in total. The molecular formula is C31H30FIN4O5. The van der Waals surface area contributed by atoms with E-state index in [4.69, 9.17) is 14.8 Å². The molecule has 2 aromatic heterocycles. The quantitative estimate of drug-likeness (QED) is 0.130. The van der Waals surface area contributed by atoms with Crippen LogP contribution < -0.4 is 10.4 Å². The van der Waals surface area contributed by atoms with Gasteiger partial charge < -0.3 is 30.0 Å². The number of benzene rings is 3. The fourth-order valence-corrected chi connectivity index (χ4v) is 5.40. The van der Waals surface area contributed by atoms with Crippen LogP contribution in [0, 0.1) is 16.3 Å². The SMILES string of the molecule is Cc1[nH]c([C@H]([C@@H](C)c2ccccc2)n2c(O)c(-c3ccc(OC[C@@H](O)CO)cc3)[nH]c2=O)nc1-c1ccc(I)cc1F. The van der Waals surface area contributed by atoms with Gasteiger partial charge in [0, 0.05) is 26.3 Å². The number of aliphatic hydroxyl groups excluding tert-OH is 2. The minimum atomic E-state index is -1.00. The molecule has 5 aromatic rings. The standard InChI is InChI=1S/C31H30FIN4O5/c1-17(19-6-4-3-5-7-19)28(29-34-18(2)26(35-29)24-13-10-21(33)14-25(24)32)37-30(40)27(36-31(37)41)20-8-11-23(12-9-20)42-16-22(39)15-38/h3-14,17,22,28,38-40H,15-16H2,1-2H3,(H,34,35)(H,36,41)/t17-,22-,28-/m0/s1. The first-order valence-corrected chi connectivity index (χ1v) is 14.4. The Bertz CT molecular complexity index is 1730. The number of aromatic amines is 2. The predicted octanol–water partition coefficient (Wildman–Crippen LogP) is 5.12. The van der Waals surface area contributed by atoms with E-state index in [2.05, 4.69) is 9.97 Å². The van der Waals surface area contributed by atoms with Gasteiger partial charge in [0.25, 0.3) is 0 Å². The second-order valence-corrected chi connectivity index (χ2v) is 11.3. The lowest BCUT2D eigenvalue weighted by atomic mass is 9.92. The normalized spacial score (nSPS) is 13.6. The first-order chi connectivity index (χ1) is 20.2. The highest BCUT2D eigenvalue weighted by Crippen LogP contribution is 2.39. The van der Waals surface area contributed by atoms with Crippen LogP contribution in [0.3, 0.4) is 0 Å². The van der Waals surface area contributed by atoms with Crippen molar-refractivity contribution in [3.8, 4) is 34.1 Å². The lowest BCUT2D eigenvalue weighted by molar-refractivity contribution is 0.0536. The molecule has 0 radical (unpaired) electrons. The number of halogens is 2. The van der Waals surface area contributed by atoms with Gasteiger partial charge in [-0.3, -0.25) is 4.57 Å². The number of H-pyrrole nitrogens is 2. The van der Waals surface area contributed by atoms with Crippen LogP contribution in [0.1, 0.15) is 36.0 Å². The molecule has 0 spiro atoms. The van der Waals surface area contributed by atoms with Crippen molar-refractivity contribution in [2.24, 2.45) is 0 Å². The highest BCUT2D eigenvalue weighted by Gasteiger charge is 2.32. The Morgan fingerprint density at radius 3 is 2.45 bits per heavy atom. The van der Waals surface area contributed by atoms with Crippen molar-refractivity contribution in [1.82, 2.24) is 19.5 Å². The Balaban J connectivity index is 1.58. The van der Waals surface area contributed by atoms with Crippen LogP contribution in [0.2, 0.25) is 0 Å². The number of hydrogen-bond acceptors (Lipinski definition) is 6. The number of aromatic hydroxyl groups is 1. The van der Waals surface area contributed by atoms with Crippen molar-refractivity contribution in [2.45, 2.75) is 31.9 Å². The summed E-state index contributed by atoms with van der Waals surface area (Å²) in [4.78, 5) is 24.3. The molecule has 0 amide bonds. The molecule has 2 heterocycles. The molecule has 218 valence electrons. The molecule has 0 unspecified atom stereocenters. The van der Waals surface area contributed by atoms with E-state index < -0.39 is 30.3 Å². The van der Waals surface area contributed by atoms with Crippen molar-refractivity contribution >= 4 is 22.6 Å². The maximum absolute atomic E-state index is 14.9. The number of aromatic nitrogens is 4. The van der Waals surface area contributed by atoms with Crippen LogP contribution in [0.25, 0.3) is 22.5 Å². The van der Waals surface area contributed by atoms with E-state index in [1.54, 1.807) is 43.3 Å². The average molecular weight is 685 g/mol. The topological polar surface area (TPSA) is 136 Å². The van der Waals surface area contributed by atoms with Gasteiger partial charge in [-0.1, -0.05) is 37.3 Å². The maximum Gasteiger partial charge on any atom is 0.329 e. The summed E-state index contributed by atoms with van der Waals surface area (Å²) in [5, 5.41) is 30.0. The zero-order chi connectivity index (χ0) is 30.0. The molecule has 11 heteroatoms. The van der Waals surface area contributed by atoms with Crippen LogP contribution in [0.15, 0.2) is 77.6 Å². The zero-order valence-corrected chi connectivity index (χ0v) is 25.0. The summed E-state index contributed by atoms with van der Waals surface area (Å²) in [5.74, 6) is -0.172. The highest BCUT2D eigenvalue weighted by atomic mass is 127. The summed E-state index contributed by atoms with van der Waals surface area (Å²) in [5.41, 5.74) is 2.50. The molecule has 0 bridgehead atoms. The third-order valence-electron chi connectivity index (χ3n) is 7.15. The van der Waals surface area contributed by atoms with E-state index in [9.17, 15) is 19.4 Å². The Morgan fingerprint density at radius 1 is 1.07 bits per heavy atom. The Hall–Kier alpha value is -3.94. The fraction of sp³-hybridized carbons (Fsp3) is 0.226. The maximum atomic E-state index is 14.9. The van der Waals surface area contributed by atoms with E-state index in [0.717, 1.165) is 9.13 Å². The third-order valence-corrected chi connectivity index (χ3v) is 7.82. The lowest BCUT2D eigenvalue weighted by Gasteiger charge is -2.24. The van der Waals surface area contributed by atoms with Crippen molar-refractivity contribution in [2.75, 3.05) is 13.2 Å². The summed E-state index contributed by atoms with van der Waals surface area (Å²) in [6.45, 7) is 3.24. The van der Waals surface area contributed by atoms with Gasteiger partial charge in [0.05, 0.1) is 12.3 Å². The monoisotopic (exact) mass is 684 g/mol. The molecule has 5 rings (SSSR count). The van der Waals surface area contributed by atoms with Gasteiger partial charge in [0.2, 0.25) is 5.88 Å². The summed E-state index contributed by atoms with van der Waals surface area (Å²) in [6.07, 6.45) is -1.00. The number of imidazole rings is 2. The number of nitrogens with one attached hydrogen (secondary N) is 2. The molecule has 42 heavy (non-hydrogen) atoms. The molecule has 3 aromatic carbocycles. The summed E-state index contributed by atoms with van der Waals surface area (Å²) in [6, 6.07) is 20.3. The number of aryl methyl sites for hydroxylation is 1. The number of ether oxygens (including phenoxy) is 1. The third kappa shape index (κ3) is 5.98. The minimum absolute atomic E-state index is 0.0793. The molecule has 0 aliphatic rings. The molecule has 0 saturated heterocycles. The number of hydrogen-bond donors (Lipinski definition) is 5. The Kier molecular flexibility index (Phi) is 8.80. The highest BCUT2D eigenvalue weighted by molar-refractivity contribution is 14.1. The van der Waals surface area contributed by atoms with Crippen molar-refractivity contribution in [3.63, 3.8) is 0 Å². The molecule has 3 atom stereocenters. The number of nitrogens with zero attached hydrogens (tertiary/aromatic N) is 2. The predicted molar refractivity (Wildman–Crippen MR) is 165 cm³/mol. The molecule has 0 aliphatic carbocycles. The van der Waals surface area contributed by atoms with E-state index >= 15 is 0 Å². The van der Waals surface area contributed by atoms with Crippen LogP contribution in [-0.4, -0.2) is 54.2 Å². The van der Waals surface area contributed by atoms with Gasteiger partial charge in [-0.05, 0) is 77.5 Å². The lowest BCUT2D eigenvalue weighted by Crippen LogP contribution is -2.27. The van der Waals surface area contributed by atoms with Crippen LogP contribution in [0.5, 0.6) is 11.6 Å². The van der Waals surface area contributed by atoms with Gasteiger partial charge in [0.15, 0.2) is 0 Å². The van der Waals surface area contributed by atoms with E-state index in [0.29, 0.717) is 34.1 Å².